The largest absolute Gasteiger partial charge is 0.357 e. The van der Waals surface area contributed by atoms with E-state index < -0.39 is 28.5 Å². The van der Waals surface area contributed by atoms with Crippen LogP contribution in [0.2, 0.25) is 0 Å². The van der Waals surface area contributed by atoms with Gasteiger partial charge in [0.1, 0.15) is 12.6 Å². The molecule has 3 rings (SSSR count). The highest BCUT2D eigenvalue weighted by atomic mass is 79.9. The highest BCUT2D eigenvalue weighted by molar-refractivity contribution is 9.10. The number of rotatable bonds is 9. The van der Waals surface area contributed by atoms with Gasteiger partial charge in [0.25, 0.3) is 10.0 Å². The third-order valence-electron chi connectivity index (χ3n) is 6.39. The van der Waals surface area contributed by atoms with Crippen LogP contribution in [0.4, 0.5) is 5.69 Å². The zero-order chi connectivity index (χ0) is 27.3. The molecule has 0 saturated heterocycles. The molecule has 0 saturated carbocycles. The van der Waals surface area contributed by atoms with Gasteiger partial charge in [-0.05, 0) is 74.7 Å². The molecule has 2 amide bonds. The third-order valence-corrected chi connectivity index (χ3v) is 8.66. The lowest BCUT2D eigenvalue weighted by molar-refractivity contribution is -0.139. The normalized spacial score (nSPS) is 12.1. The van der Waals surface area contributed by atoms with Crippen molar-refractivity contribution >= 4 is 43.5 Å². The van der Waals surface area contributed by atoms with Crippen molar-refractivity contribution in [2.45, 2.75) is 45.2 Å². The van der Waals surface area contributed by atoms with Gasteiger partial charge in [-0.15, -0.1) is 0 Å². The summed E-state index contributed by atoms with van der Waals surface area (Å²) in [5, 5.41) is 2.59. The Bertz CT molecular complexity index is 1390. The van der Waals surface area contributed by atoms with Crippen LogP contribution in [0, 0.1) is 20.8 Å². The zero-order valence-electron chi connectivity index (χ0n) is 21.7. The number of halogens is 1. The molecule has 37 heavy (non-hydrogen) atoms. The van der Waals surface area contributed by atoms with Gasteiger partial charge in [-0.2, -0.15) is 0 Å². The van der Waals surface area contributed by atoms with Crippen molar-refractivity contribution in [3.05, 3.63) is 93.5 Å². The fraction of sp³-hybridized carbons (Fsp3) is 0.286. The molecule has 0 fully saturated rings. The molecule has 0 radical (unpaired) electrons. The summed E-state index contributed by atoms with van der Waals surface area (Å²) in [6.45, 7) is 6.91. The van der Waals surface area contributed by atoms with Crippen molar-refractivity contribution in [2.24, 2.45) is 0 Å². The number of amides is 2. The monoisotopic (exact) mass is 585 g/mol. The summed E-state index contributed by atoms with van der Waals surface area (Å²) in [6.07, 6.45) is 0. The van der Waals surface area contributed by atoms with Crippen molar-refractivity contribution in [3.63, 3.8) is 0 Å². The average Bonchev–Trinajstić information content (AvgIpc) is 2.87. The quantitative estimate of drug-likeness (QED) is 0.393. The van der Waals surface area contributed by atoms with Gasteiger partial charge in [0.2, 0.25) is 11.8 Å². The summed E-state index contributed by atoms with van der Waals surface area (Å²) in [4.78, 5) is 27.9. The number of carbonyl (C=O) groups excluding carboxylic acids is 2. The Labute approximate surface area is 227 Å². The first-order chi connectivity index (χ1) is 17.4. The van der Waals surface area contributed by atoms with Gasteiger partial charge in [-0.1, -0.05) is 57.9 Å². The van der Waals surface area contributed by atoms with Gasteiger partial charge in [-0.3, -0.25) is 13.9 Å². The lowest BCUT2D eigenvalue weighted by Gasteiger charge is -2.32. The number of aryl methyl sites for hydroxylation is 2. The van der Waals surface area contributed by atoms with E-state index >= 15 is 0 Å². The summed E-state index contributed by atoms with van der Waals surface area (Å²) in [7, 11) is -2.59. The molecule has 0 aliphatic heterocycles. The van der Waals surface area contributed by atoms with Crippen LogP contribution in [-0.4, -0.2) is 44.8 Å². The third kappa shape index (κ3) is 6.59. The molecule has 0 unspecified atom stereocenters. The topological polar surface area (TPSA) is 86.8 Å². The first-order valence-electron chi connectivity index (χ1n) is 11.9. The maximum Gasteiger partial charge on any atom is 0.264 e. The Kier molecular flexibility index (Phi) is 9.15. The zero-order valence-corrected chi connectivity index (χ0v) is 24.1. The first-order valence-corrected chi connectivity index (χ1v) is 14.1. The van der Waals surface area contributed by atoms with E-state index in [2.05, 4.69) is 21.2 Å². The standard InChI is InChI=1S/C28H32BrN3O4S/c1-19-12-14-25(15-13-19)37(35,36)32(26-11-6-8-20(2)21(26)3)18-27(33)31(22(4)28(34)30-5)17-23-9-7-10-24(29)16-23/h6-16,22H,17-18H2,1-5H3,(H,30,34)/t22-/m1/s1. The molecular formula is C28H32BrN3O4S. The lowest BCUT2D eigenvalue weighted by atomic mass is 10.1. The van der Waals surface area contributed by atoms with Crippen LogP contribution in [0.1, 0.15) is 29.2 Å². The second kappa shape index (κ2) is 11.9. The summed E-state index contributed by atoms with van der Waals surface area (Å²) in [5.41, 5.74) is 3.80. The fourth-order valence-corrected chi connectivity index (χ4v) is 5.90. The van der Waals surface area contributed by atoms with E-state index in [1.165, 1.54) is 11.9 Å². The Balaban J connectivity index is 2.08. The van der Waals surface area contributed by atoms with Crippen LogP contribution in [0.15, 0.2) is 76.1 Å². The van der Waals surface area contributed by atoms with Crippen molar-refractivity contribution in [1.82, 2.24) is 10.2 Å². The van der Waals surface area contributed by atoms with E-state index in [4.69, 9.17) is 0 Å². The molecule has 0 aliphatic carbocycles. The Morgan fingerprint density at radius 3 is 2.24 bits per heavy atom. The molecule has 7 nitrogen and oxygen atoms in total. The maximum atomic E-state index is 13.9. The number of hydrogen-bond donors (Lipinski definition) is 1. The number of carbonyl (C=O) groups is 2. The predicted octanol–water partition coefficient (Wildman–Crippen LogP) is 4.73. The van der Waals surface area contributed by atoms with Crippen molar-refractivity contribution in [1.29, 1.82) is 0 Å². The molecule has 0 aromatic heterocycles. The number of hydrogen-bond acceptors (Lipinski definition) is 4. The summed E-state index contributed by atoms with van der Waals surface area (Å²) >= 11 is 3.44. The summed E-state index contributed by atoms with van der Waals surface area (Å²) in [6, 6.07) is 18.5. The number of sulfonamides is 1. The average molecular weight is 587 g/mol. The number of likely N-dealkylation sites (N-methyl/N-ethyl adjacent to an activating group) is 1. The smallest absolute Gasteiger partial charge is 0.264 e. The maximum absolute atomic E-state index is 13.9. The first kappa shape index (κ1) is 28.4. The van der Waals surface area contributed by atoms with E-state index in [-0.39, 0.29) is 17.3 Å². The minimum absolute atomic E-state index is 0.0877. The molecule has 0 spiro atoms. The minimum Gasteiger partial charge on any atom is -0.357 e. The predicted molar refractivity (Wildman–Crippen MR) is 150 cm³/mol. The van der Waals surface area contributed by atoms with Crippen LogP contribution in [0.5, 0.6) is 0 Å². The SMILES string of the molecule is CNC(=O)[C@@H](C)N(Cc1cccc(Br)c1)C(=O)CN(c1cccc(C)c1C)S(=O)(=O)c1ccc(C)cc1. The van der Waals surface area contributed by atoms with Crippen LogP contribution in [-0.2, 0) is 26.2 Å². The van der Waals surface area contributed by atoms with Crippen LogP contribution in [0.25, 0.3) is 0 Å². The van der Waals surface area contributed by atoms with E-state index in [1.807, 2.05) is 51.1 Å². The van der Waals surface area contributed by atoms with Gasteiger partial charge in [-0.25, -0.2) is 8.42 Å². The van der Waals surface area contributed by atoms with Gasteiger partial charge >= 0.3 is 0 Å². The van der Waals surface area contributed by atoms with E-state index in [1.54, 1.807) is 43.3 Å². The molecule has 3 aromatic rings. The van der Waals surface area contributed by atoms with Gasteiger partial charge in [0.15, 0.2) is 0 Å². The summed E-state index contributed by atoms with van der Waals surface area (Å²) in [5.74, 6) is -0.837. The lowest BCUT2D eigenvalue weighted by Crippen LogP contribution is -2.50. The fourth-order valence-electron chi connectivity index (χ4n) is 3.98. The van der Waals surface area contributed by atoms with E-state index in [9.17, 15) is 18.0 Å². The molecule has 1 atom stereocenters. The number of anilines is 1. The van der Waals surface area contributed by atoms with E-state index in [0.717, 1.165) is 31.0 Å². The molecule has 0 bridgehead atoms. The van der Waals surface area contributed by atoms with Crippen LogP contribution >= 0.6 is 15.9 Å². The second-order valence-corrected chi connectivity index (χ2v) is 11.8. The van der Waals surface area contributed by atoms with Crippen molar-refractivity contribution in [3.8, 4) is 0 Å². The highest BCUT2D eigenvalue weighted by Crippen LogP contribution is 2.29. The van der Waals surface area contributed by atoms with Gasteiger partial charge in [0, 0.05) is 18.1 Å². The molecule has 9 heteroatoms. The number of nitrogens with zero attached hydrogens (tertiary/aromatic N) is 2. The van der Waals surface area contributed by atoms with Crippen molar-refractivity contribution < 1.29 is 18.0 Å². The molecule has 3 aromatic carbocycles. The Hall–Kier alpha value is -3.17. The highest BCUT2D eigenvalue weighted by Gasteiger charge is 2.33. The van der Waals surface area contributed by atoms with Gasteiger partial charge in [0.05, 0.1) is 10.6 Å². The van der Waals surface area contributed by atoms with Crippen molar-refractivity contribution in [2.75, 3.05) is 17.9 Å². The Morgan fingerprint density at radius 1 is 0.973 bits per heavy atom. The summed E-state index contributed by atoms with van der Waals surface area (Å²) < 4.78 is 29.8. The molecule has 0 heterocycles. The molecule has 0 aliphatic rings. The molecule has 196 valence electrons. The second-order valence-electron chi connectivity index (χ2n) is 8.99. The minimum atomic E-state index is -4.09. The van der Waals surface area contributed by atoms with Crippen LogP contribution in [0.3, 0.4) is 0 Å². The Morgan fingerprint density at radius 2 is 1.62 bits per heavy atom. The van der Waals surface area contributed by atoms with E-state index in [0.29, 0.717) is 5.69 Å². The van der Waals surface area contributed by atoms with Gasteiger partial charge < -0.3 is 10.2 Å². The van der Waals surface area contributed by atoms with Crippen LogP contribution < -0.4 is 9.62 Å². The molecular weight excluding hydrogens is 554 g/mol. The molecule has 1 N–H and O–H groups in total. The number of nitrogens with one attached hydrogen (secondary N) is 1. The number of benzene rings is 3.